The Bertz CT molecular complexity index is 1410. The van der Waals surface area contributed by atoms with E-state index in [0.29, 0.717) is 21.7 Å². The smallest absolute Gasteiger partial charge is 0.469 e. The van der Waals surface area contributed by atoms with Crippen LogP contribution in [0.2, 0.25) is 10.0 Å². The number of halogens is 3. The quantitative estimate of drug-likeness (QED) is 0.329. The number of hydrogen-bond acceptors (Lipinski definition) is 5. The highest BCUT2D eigenvalue weighted by molar-refractivity contribution is 7.46. The first kappa shape index (κ1) is 24.4. The Morgan fingerprint density at radius 3 is 2.59 bits per heavy atom. The van der Waals surface area contributed by atoms with Crippen LogP contribution in [0.25, 0.3) is 11.6 Å². The zero-order valence-electron chi connectivity index (χ0n) is 17.2. The first-order valence-corrected chi connectivity index (χ1v) is 12.1. The molecule has 1 aliphatic heterocycles. The predicted octanol–water partition coefficient (Wildman–Crippen LogP) is 4.67. The topological polar surface area (TPSA) is 137 Å². The summed E-state index contributed by atoms with van der Waals surface area (Å²) < 4.78 is 30.9. The number of aliphatic imine (C=N–C) groups is 1. The van der Waals surface area contributed by atoms with Crippen molar-refractivity contribution in [2.45, 2.75) is 12.5 Å². The fourth-order valence-corrected chi connectivity index (χ4v) is 4.26. The maximum Gasteiger partial charge on any atom is 0.469 e. The molecule has 0 bridgehead atoms. The molecule has 2 aromatic carbocycles. The van der Waals surface area contributed by atoms with Crippen molar-refractivity contribution in [3.63, 3.8) is 0 Å². The normalized spacial score (nSPS) is 15.1. The Kier molecular flexibility index (Phi) is 6.82. The first-order chi connectivity index (χ1) is 16.0. The number of hydrogen-bond donors (Lipinski definition) is 4. The molecule has 0 amide bonds. The second kappa shape index (κ2) is 9.50. The van der Waals surface area contributed by atoms with Gasteiger partial charge in [-0.05, 0) is 36.3 Å². The molecule has 0 fully saturated rings. The second-order valence-electron chi connectivity index (χ2n) is 7.33. The van der Waals surface area contributed by atoms with E-state index in [1.807, 2.05) is 0 Å². The molecule has 34 heavy (non-hydrogen) atoms. The monoisotopic (exact) mass is 527 g/mol. The van der Waals surface area contributed by atoms with Crippen LogP contribution in [0.4, 0.5) is 10.1 Å². The van der Waals surface area contributed by atoms with Gasteiger partial charge in [0.2, 0.25) is 5.88 Å². The van der Waals surface area contributed by atoms with Crippen molar-refractivity contribution in [1.82, 2.24) is 9.55 Å². The molecule has 0 aliphatic carbocycles. The minimum absolute atomic E-state index is 0.0320. The minimum Gasteiger partial charge on any atom is -0.493 e. The standard InChI is InChI=1S/C21H17Cl2FN3O6P/c22-13-3-1-11(2-4-13)17(7-8-33-34(30,31)32)27-20(28)16(26-21(27)29)9-12-10-25-19-14(12)5-6-15(23)18(19)24/h1-6,9-10,17,28H,7-8H2,(H,26,29)(H2,30,31,32)/b12-9+. The van der Waals surface area contributed by atoms with E-state index in [4.69, 9.17) is 33.0 Å². The lowest BCUT2D eigenvalue weighted by atomic mass is 10.0. The molecule has 4 rings (SSSR count). The van der Waals surface area contributed by atoms with E-state index in [2.05, 4.69) is 14.5 Å². The number of phosphoric ester groups is 1. The van der Waals surface area contributed by atoms with Gasteiger partial charge in [-0.2, -0.15) is 0 Å². The van der Waals surface area contributed by atoms with E-state index < -0.39 is 37.9 Å². The third kappa shape index (κ3) is 5.02. The Labute approximate surface area is 202 Å². The lowest BCUT2D eigenvalue weighted by molar-refractivity contribution is 0.187. The molecule has 3 aromatic rings. The molecule has 178 valence electrons. The lowest BCUT2D eigenvalue weighted by Crippen LogP contribution is -2.24. The van der Waals surface area contributed by atoms with E-state index in [-0.39, 0.29) is 22.8 Å². The lowest BCUT2D eigenvalue weighted by Gasteiger charge is -2.19. The van der Waals surface area contributed by atoms with Crippen molar-refractivity contribution in [2.75, 3.05) is 6.61 Å². The summed E-state index contributed by atoms with van der Waals surface area (Å²) in [4.78, 5) is 37.3. The number of nitrogens with zero attached hydrogens (tertiary/aromatic N) is 2. The summed E-state index contributed by atoms with van der Waals surface area (Å²) in [6.45, 7) is -0.398. The third-order valence-corrected chi connectivity index (χ3v) is 6.22. The van der Waals surface area contributed by atoms with Crippen LogP contribution >= 0.6 is 31.0 Å². The molecule has 0 spiro atoms. The summed E-state index contributed by atoms with van der Waals surface area (Å²) in [6, 6.07) is 8.50. The molecule has 13 heteroatoms. The maximum atomic E-state index is 14.2. The zero-order valence-corrected chi connectivity index (χ0v) is 19.6. The SMILES string of the molecule is O=c1[nH]c(/C=C2\C=Nc3c2ccc(Cl)c3F)c(O)n1C(CCOP(=O)(O)O)c1ccc(Cl)cc1. The van der Waals surface area contributed by atoms with Crippen LogP contribution in [0.15, 0.2) is 46.2 Å². The van der Waals surface area contributed by atoms with Crippen LogP contribution in [-0.4, -0.2) is 37.3 Å². The van der Waals surface area contributed by atoms with E-state index in [1.54, 1.807) is 30.3 Å². The van der Waals surface area contributed by atoms with Gasteiger partial charge in [0.15, 0.2) is 5.82 Å². The van der Waals surface area contributed by atoms with Gasteiger partial charge < -0.3 is 19.9 Å². The molecule has 4 N–H and O–H groups in total. The predicted molar refractivity (Wildman–Crippen MR) is 126 cm³/mol. The highest BCUT2D eigenvalue weighted by Gasteiger charge is 2.25. The second-order valence-corrected chi connectivity index (χ2v) is 9.42. The number of rotatable bonds is 7. The van der Waals surface area contributed by atoms with Gasteiger partial charge in [-0.3, -0.25) is 14.1 Å². The number of allylic oxidation sites excluding steroid dienone is 1. The first-order valence-electron chi connectivity index (χ1n) is 9.78. The van der Waals surface area contributed by atoms with Crippen LogP contribution in [0, 0.1) is 5.82 Å². The highest BCUT2D eigenvalue weighted by atomic mass is 35.5. The summed E-state index contributed by atoms with van der Waals surface area (Å²) in [7, 11) is -4.73. The zero-order chi connectivity index (χ0) is 24.6. The summed E-state index contributed by atoms with van der Waals surface area (Å²) in [5, 5.41) is 11.2. The summed E-state index contributed by atoms with van der Waals surface area (Å²) in [6.07, 6.45) is 2.76. The number of aromatic nitrogens is 2. The van der Waals surface area contributed by atoms with Crippen LogP contribution in [0.1, 0.15) is 29.3 Å². The van der Waals surface area contributed by atoms with E-state index in [0.717, 1.165) is 4.57 Å². The average molecular weight is 528 g/mol. The number of phosphoric acid groups is 1. The molecule has 1 unspecified atom stereocenters. The van der Waals surface area contributed by atoms with Gasteiger partial charge in [0.25, 0.3) is 0 Å². The van der Waals surface area contributed by atoms with E-state index >= 15 is 0 Å². The van der Waals surface area contributed by atoms with Crippen molar-refractivity contribution < 1.29 is 28.4 Å². The molecule has 2 heterocycles. The van der Waals surface area contributed by atoms with Crippen molar-refractivity contribution >= 4 is 54.6 Å². The van der Waals surface area contributed by atoms with Crippen molar-refractivity contribution in [3.05, 3.63) is 79.6 Å². The van der Waals surface area contributed by atoms with Gasteiger partial charge in [0, 0.05) is 22.4 Å². The number of nitrogens with one attached hydrogen (secondary N) is 1. The Morgan fingerprint density at radius 1 is 1.21 bits per heavy atom. The van der Waals surface area contributed by atoms with Gasteiger partial charge in [-0.15, -0.1) is 0 Å². The number of fused-ring (bicyclic) bond motifs is 1. The summed E-state index contributed by atoms with van der Waals surface area (Å²) in [5.74, 6) is -1.12. The number of H-pyrrole nitrogens is 1. The molecule has 9 nitrogen and oxygen atoms in total. The molecule has 1 aromatic heterocycles. The average Bonchev–Trinajstić information content (AvgIpc) is 3.29. The molecule has 1 atom stereocenters. The van der Waals surface area contributed by atoms with Crippen molar-refractivity contribution in [3.8, 4) is 5.88 Å². The van der Waals surface area contributed by atoms with Gasteiger partial charge in [0.1, 0.15) is 11.4 Å². The van der Waals surface area contributed by atoms with Crippen LogP contribution in [0.5, 0.6) is 5.88 Å². The van der Waals surface area contributed by atoms with Gasteiger partial charge in [-0.25, -0.2) is 13.8 Å². The van der Waals surface area contributed by atoms with Crippen molar-refractivity contribution in [2.24, 2.45) is 4.99 Å². The van der Waals surface area contributed by atoms with E-state index in [1.165, 1.54) is 18.4 Å². The molecule has 0 saturated carbocycles. The van der Waals surface area contributed by atoms with Crippen LogP contribution < -0.4 is 5.69 Å². The summed E-state index contributed by atoms with van der Waals surface area (Å²) >= 11 is 11.7. The molecular formula is C21H17Cl2FN3O6P. The Balaban J connectivity index is 1.73. The Hall–Kier alpha value is -2.72. The number of imidazole rings is 1. The molecule has 1 aliphatic rings. The molecule has 0 saturated heterocycles. The number of aromatic hydroxyl groups is 1. The Morgan fingerprint density at radius 2 is 1.91 bits per heavy atom. The van der Waals surface area contributed by atoms with Gasteiger partial charge >= 0.3 is 13.5 Å². The maximum absolute atomic E-state index is 14.2. The van der Waals surface area contributed by atoms with Crippen LogP contribution in [0.3, 0.4) is 0 Å². The van der Waals surface area contributed by atoms with Gasteiger partial charge in [0.05, 0.1) is 17.7 Å². The largest absolute Gasteiger partial charge is 0.493 e. The molecule has 0 radical (unpaired) electrons. The minimum atomic E-state index is -4.73. The van der Waals surface area contributed by atoms with Gasteiger partial charge in [-0.1, -0.05) is 41.4 Å². The number of benzene rings is 2. The third-order valence-electron chi connectivity index (χ3n) is 5.16. The summed E-state index contributed by atoms with van der Waals surface area (Å²) in [5.41, 5.74) is 0.802. The van der Waals surface area contributed by atoms with Crippen molar-refractivity contribution in [1.29, 1.82) is 0 Å². The highest BCUT2D eigenvalue weighted by Crippen LogP contribution is 2.39. The molecular weight excluding hydrogens is 511 g/mol. The van der Waals surface area contributed by atoms with Crippen LogP contribution in [-0.2, 0) is 9.09 Å². The fourth-order valence-electron chi connectivity index (χ4n) is 3.63. The number of aromatic amines is 1. The van der Waals surface area contributed by atoms with E-state index in [9.17, 15) is 18.9 Å². The fraction of sp³-hybridized carbons (Fsp3) is 0.143.